The number of aryl methyl sites for hydroxylation is 1. The van der Waals surface area contributed by atoms with Gasteiger partial charge in [-0.3, -0.25) is 9.59 Å². The fraction of sp³-hybridized carbons (Fsp3) is 0.133. The predicted octanol–water partition coefficient (Wildman–Crippen LogP) is 0.878. The molecule has 112 valence electrons. The maximum atomic E-state index is 11.9. The number of nitrogens with zero attached hydrogens (tertiary/aromatic N) is 2. The van der Waals surface area contributed by atoms with Crippen molar-refractivity contribution in [1.82, 2.24) is 9.99 Å². The van der Waals surface area contributed by atoms with E-state index in [0.717, 1.165) is 5.56 Å². The standard InChI is InChI=1S/C15H13N3O4/c1-18-8-11(3-5-14(18)19)15(20)17-16-7-10-2-4-12-13(6-10)22-9-21-12/h2-8H,9H2,1H3,(H,17,20). The van der Waals surface area contributed by atoms with E-state index in [4.69, 9.17) is 9.47 Å². The number of rotatable bonds is 3. The second-order valence-electron chi connectivity index (χ2n) is 4.68. The van der Waals surface area contributed by atoms with E-state index < -0.39 is 5.91 Å². The van der Waals surface area contributed by atoms with Crippen molar-refractivity contribution in [2.24, 2.45) is 12.1 Å². The van der Waals surface area contributed by atoms with Crippen molar-refractivity contribution in [3.05, 3.63) is 58.0 Å². The normalized spacial score (nSPS) is 12.6. The Morgan fingerprint density at radius 2 is 2.09 bits per heavy atom. The van der Waals surface area contributed by atoms with Gasteiger partial charge in [-0.25, -0.2) is 5.43 Å². The second-order valence-corrected chi connectivity index (χ2v) is 4.68. The Morgan fingerprint density at radius 1 is 1.27 bits per heavy atom. The Hall–Kier alpha value is -3.09. The zero-order chi connectivity index (χ0) is 15.5. The number of hydrogen-bond acceptors (Lipinski definition) is 5. The van der Waals surface area contributed by atoms with Crippen LogP contribution in [0, 0.1) is 0 Å². The summed E-state index contributed by atoms with van der Waals surface area (Å²) in [5.41, 5.74) is 3.35. The Balaban J connectivity index is 1.67. The molecule has 0 saturated heterocycles. The third kappa shape index (κ3) is 2.83. The molecule has 1 aliphatic heterocycles. The van der Waals surface area contributed by atoms with Gasteiger partial charge in [-0.1, -0.05) is 0 Å². The molecule has 0 radical (unpaired) electrons. The van der Waals surface area contributed by atoms with E-state index in [0.29, 0.717) is 17.1 Å². The molecular weight excluding hydrogens is 286 g/mol. The highest BCUT2D eigenvalue weighted by Crippen LogP contribution is 2.31. The maximum absolute atomic E-state index is 11.9. The predicted molar refractivity (Wildman–Crippen MR) is 79.3 cm³/mol. The van der Waals surface area contributed by atoms with Crippen LogP contribution in [0.1, 0.15) is 15.9 Å². The summed E-state index contributed by atoms with van der Waals surface area (Å²) in [5, 5.41) is 3.89. The fourth-order valence-electron chi connectivity index (χ4n) is 1.95. The average Bonchev–Trinajstić information content (AvgIpc) is 2.97. The third-order valence-corrected chi connectivity index (χ3v) is 3.12. The Morgan fingerprint density at radius 3 is 2.91 bits per heavy atom. The largest absolute Gasteiger partial charge is 0.454 e. The minimum absolute atomic E-state index is 0.180. The minimum atomic E-state index is -0.396. The molecule has 3 rings (SSSR count). The third-order valence-electron chi connectivity index (χ3n) is 3.12. The topological polar surface area (TPSA) is 81.9 Å². The Labute approximate surface area is 125 Å². The molecule has 2 heterocycles. The van der Waals surface area contributed by atoms with Gasteiger partial charge in [0.05, 0.1) is 11.8 Å². The molecule has 0 unspecified atom stereocenters. The summed E-state index contributed by atoms with van der Waals surface area (Å²) < 4.78 is 11.8. The molecule has 0 bridgehead atoms. The number of carbonyl (C=O) groups excluding carboxylic acids is 1. The van der Waals surface area contributed by atoms with Crippen molar-refractivity contribution >= 4 is 12.1 Å². The van der Waals surface area contributed by atoms with E-state index in [9.17, 15) is 9.59 Å². The monoisotopic (exact) mass is 299 g/mol. The van der Waals surface area contributed by atoms with Crippen LogP contribution in [-0.2, 0) is 7.05 Å². The van der Waals surface area contributed by atoms with Crippen LogP contribution < -0.4 is 20.5 Å². The van der Waals surface area contributed by atoms with Gasteiger partial charge in [0.15, 0.2) is 11.5 Å². The van der Waals surface area contributed by atoms with Crippen LogP contribution in [0.4, 0.5) is 0 Å². The molecule has 22 heavy (non-hydrogen) atoms. The van der Waals surface area contributed by atoms with Crippen LogP contribution in [0.15, 0.2) is 46.4 Å². The summed E-state index contributed by atoms with van der Waals surface area (Å²) >= 11 is 0. The van der Waals surface area contributed by atoms with Crippen LogP contribution >= 0.6 is 0 Å². The number of amides is 1. The number of benzene rings is 1. The minimum Gasteiger partial charge on any atom is -0.454 e. The summed E-state index contributed by atoms with van der Waals surface area (Å²) in [6, 6.07) is 8.13. The van der Waals surface area contributed by atoms with Gasteiger partial charge in [-0.05, 0) is 29.8 Å². The molecule has 2 aromatic rings. The van der Waals surface area contributed by atoms with Crippen molar-refractivity contribution in [2.75, 3.05) is 6.79 Å². The highest BCUT2D eigenvalue weighted by Gasteiger charge is 2.12. The zero-order valence-corrected chi connectivity index (χ0v) is 11.8. The summed E-state index contributed by atoms with van der Waals surface area (Å²) in [7, 11) is 1.58. The highest BCUT2D eigenvalue weighted by atomic mass is 16.7. The van der Waals surface area contributed by atoms with Gasteiger partial charge in [0.25, 0.3) is 5.91 Å². The van der Waals surface area contributed by atoms with Gasteiger partial charge in [-0.2, -0.15) is 5.10 Å². The fourth-order valence-corrected chi connectivity index (χ4v) is 1.95. The lowest BCUT2D eigenvalue weighted by atomic mass is 10.2. The van der Waals surface area contributed by atoms with Crippen molar-refractivity contribution in [2.45, 2.75) is 0 Å². The van der Waals surface area contributed by atoms with E-state index in [-0.39, 0.29) is 12.4 Å². The number of ether oxygens (including phenoxy) is 2. The summed E-state index contributed by atoms with van der Waals surface area (Å²) in [6.07, 6.45) is 2.95. The van der Waals surface area contributed by atoms with E-state index in [1.54, 1.807) is 25.2 Å². The highest BCUT2D eigenvalue weighted by molar-refractivity contribution is 5.94. The first kappa shape index (κ1) is 13.9. The number of fused-ring (bicyclic) bond motifs is 1. The van der Waals surface area contributed by atoms with E-state index in [1.165, 1.54) is 29.1 Å². The van der Waals surface area contributed by atoms with Gasteiger partial charge in [0, 0.05) is 19.3 Å². The number of nitrogens with one attached hydrogen (secondary N) is 1. The van der Waals surface area contributed by atoms with Gasteiger partial charge in [0.2, 0.25) is 12.4 Å². The van der Waals surface area contributed by atoms with E-state index in [1.807, 2.05) is 0 Å². The van der Waals surface area contributed by atoms with Crippen LogP contribution in [0.2, 0.25) is 0 Å². The quantitative estimate of drug-likeness (QED) is 0.673. The lowest BCUT2D eigenvalue weighted by molar-refractivity contribution is 0.0954. The first-order valence-electron chi connectivity index (χ1n) is 6.53. The van der Waals surface area contributed by atoms with Crippen LogP contribution in [-0.4, -0.2) is 23.5 Å². The first-order valence-corrected chi connectivity index (χ1v) is 6.53. The number of hydrogen-bond donors (Lipinski definition) is 1. The Bertz CT molecular complexity index is 811. The van der Waals surface area contributed by atoms with Crippen molar-refractivity contribution in [3.8, 4) is 11.5 Å². The molecule has 1 amide bonds. The van der Waals surface area contributed by atoms with E-state index in [2.05, 4.69) is 10.5 Å². The van der Waals surface area contributed by atoms with Crippen molar-refractivity contribution in [3.63, 3.8) is 0 Å². The summed E-state index contributed by atoms with van der Waals surface area (Å²) in [4.78, 5) is 23.2. The zero-order valence-electron chi connectivity index (χ0n) is 11.8. The van der Waals surface area contributed by atoms with Crippen molar-refractivity contribution in [1.29, 1.82) is 0 Å². The molecule has 7 heteroatoms. The molecular formula is C15H13N3O4. The Kier molecular flexibility index (Phi) is 3.61. The molecule has 0 fully saturated rings. The molecule has 1 N–H and O–H groups in total. The molecule has 0 atom stereocenters. The van der Waals surface area contributed by atoms with E-state index >= 15 is 0 Å². The summed E-state index contributed by atoms with van der Waals surface area (Å²) in [6.45, 7) is 0.208. The molecule has 1 aromatic carbocycles. The second kappa shape index (κ2) is 5.72. The average molecular weight is 299 g/mol. The van der Waals surface area contributed by atoms with Crippen molar-refractivity contribution < 1.29 is 14.3 Å². The van der Waals surface area contributed by atoms with Crippen LogP contribution in [0.3, 0.4) is 0 Å². The molecule has 0 spiro atoms. The first-order chi connectivity index (χ1) is 10.6. The smallest absolute Gasteiger partial charge is 0.272 e. The number of pyridine rings is 1. The maximum Gasteiger partial charge on any atom is 0.272 e. The molecule has 1 aromatic heterocycles. The van der Waals surface area contributed by atoms with Gasteiger partial charge in [0.1, 0.15) is 0 Å². The lowest BCUT2D eigenvalue weighted by Gasteiger charge is -2.02. The molecule has 0 aliphatic carbocycles. The van der Waals surface area contributed by atoms with Gasteiger partial charge < -0.3 is 14.0 Å². The lowest BCUT2D eigenvalue weighted by Crippen LogP contribution is -2.22. The van der Waals surface area contributed by atoms with Crippen LogP contribution in [0.25, 0.3) is 0 Å². The molecule has 7 nitrogen and oxygen atoms in total. The van der Waals surface area contributed by atoms with Crippen LogP contribution in [0.5, 0.6) is 11.5 Å². The molecule has 0 saturated carbocycles. The summed E-state index contributed by atoms with van der Waals surface area (Å²) in [5.74, 6) is 0.937. The number of hydrazone groups is 1. The number of carbonyl (C=O) groups is 1. The van der Waals surface area contributed by atoms with Gasteiger partial charge >= 0.3 is 0 Å². The number of aromatic nitrogens is 1. The van der Waals surface area contributed by atoms with Gasteiger partial charge in [-0.15, -0.1) is 0 Å². The SMILES string of the molecule is Cn1cc(C(=O)NN=Cc2ccc3c(c2)OCO3)ccc1=O. The molecule has 1 aliphatic rings.